The van der Waals surface area contributed by atoms with Gasteiger partial charge >= 0.3 is 0 Å². The standard InChI is InChI=1S/C11H23NO/c1-9(2)13-6-5-12-8-10-7-11(10,3)4/h9-10,12H,5-8H2,1-4H3. The third kappa shape index (κ3) is 4.10. The van der Waals surface area contributed by atoms with E-state index in [-0.39, 0.29) is 0 Å². The van der Waals surface area contributed by atoms with E-state index in [0.717, 1.165) is 25.6 Å². The Kier molecular flexibility index (Phi) is 3.74. The zero-order valence-corrected chi connectivity index (χ0v) is 9.39. The highest BCUT2D eigenvalue weighted by Gasteiger charge is 2.44. The highest BCUT2D eigenvalue weighted by molar-refractivity contribution is 4.95. The van der Waals surface area contributed by atoms with Crippen LogP contribution in [0.2, 0.25) is 0 Å². The van der Waals surface area contributed by atoms with Crippen molar-refractivity contribution in [3.8, 4) is 0 Å². The molecule has 0 spiro atoms. The van der Waals surface area contributed by atoms with Gasteiger partial charge in [0.1, 0.15) is 0 Å². The molecule has 1 saturated carbocycles. The molecule has 1 aliphatic carbocycles. The maximum absolute atomic E-state index is 5.43. The molecule has 0 saturated heterocycles. The van der Waals surface area contributed by atoms with Crippen LogP contribution in [0.15, 0.2) is 0 Å². The summed E-state index contributed by atoms with van der Waals surface area (Å²) in [5, 5.41) is 3.43. The summed E-state index contributed by atoms with van der Waals surface area (Å²) in [4.78, 5) is 0. The van der Waals surface area contributed by atoms with Gasteiger partial charge in [0.05, 0.1) is 12.7 Å². The molecule has 0 aliphatic heterocycles. The normalized spacial score (nSPS) is 25.2. The molecule has 0 amide bonds. The fourth-order valence-electron chi connectivity index (χ4n) is 1.57. The van der Waals surface area contributed by atoms with Gasteiger partial charge in [0.15, 0.2) is 0 Å². The fourth-order valence-corrected chi connectivity index (χ4v) is 1.57. The maximum atomic E-state index is 5.43. The molecule has 2 heteroatoms. The molecule has 1 rings (SSSR count). The van der Waals surface area contributed by atoms with Crippen LogP contribution >= 0.6 is 0 Å². The van der Waals surface area contributed by atoms with Gasteiger partial charge in [0, 0.05) is 6.54 Å². The summed E-state index contributed by atoms with van der Waals surface area (Å²) in [6.07, 6.45) is 1.74. The molecule has 0 bridgehead atoms. The third-order valence-corrected chi connectivity index (χ3v) is 2.84. The Labute approximate surface area is 82.0 Å². The van der Waals surface area contributed by atoms with E-state index in [1.165, 1.54) is 6.42 Å². The number of hydrogen-bond donors (Lipinski definition) is 1. The van der Waals surface area contributed by atoms with Crippen molar-refractivity contribution >= 4 is 0 Å². The van der Waals surface area contributed by atoms with Crippen molar-refractivity contribution in [3.63, 3.8) is 0 Å². The van der Waals surface area contributed by atoms with E-state index in [4.69, 9.17) is 4.74 Å². The molecule has 1 atom stereocenters. The molecule has 0 aromatic rings. The molecular weight excluding hydrogens is 162 g/mol. The van der Waals surface area contributed by atoms with Gasteiger partial charge in [-0.05, 0) is 38.1 Å². The van der Waals surface area contributed by atoms with Crippen LogP contribution in [0.4, 0.5) is 0 Å². The van der Waals surface area contributed by atoms with E-state index in [2.05, 4.69) is 33.0 Å². The van der Waals surface area contributed by atoms with Crippen molar-refractivity contribution in [1.29, 1.82) is 0 Å². The second kappa shape index (κ2) is 4.43. The van der Waals surface area contributed by atoms with Crippen molar-refractivity contribution < 1.29 is 4.74 Å². The Hall–Kier alpha value is -0.0800. The SMILES string of the molecule is CC(C)OCCNCC1CC1(C)C. The molecule has 1 unspecified atom stereocenters. The predicted octanol–water partition coefficient (Wildman–Crippen LogP) is 2.05. The molecule has 2 nitrogen and oxygen atoms in total. The predicted molar refractivity (Wildman–Crippen MR) is 55.8 cm³/mol. The smallest absolute Gasteiger partial charge is 0.0594 e. The van der Waals surface area contributed by atoms with Crippen LogP contribution in [0.25, 0.3) is 0 Å². The summed E-state index contributed by atoms with van der Waals surface area (Å²) in [5.74, 6) is 0.895. The quantitative estimate of drug-likeness (QED) is 0.639. The van der Waals surface area contributed by atoms with Crippen LogP contribution in [0.1, 0.15) is 34.1 Å². The van der Waals surface area contributed by atoms with E-state index in [0.29, 0.717) is 11.5 Å². The van der Waals surface area contributed by atoms with Crippen LogP contribution in [-0.4, -0.2) is 25.8 Å². The summed E-state index contributed by atoms with van der Waals surface area (Å²) in [6.45, 7) is 11.8. The summed E-state index contributed by atoms with van der Waals surface area (Å²) < 4.78 is 5.43. The lowest BCUT2D eigenvalue weighted by atomic mass is 10.1. The minimum atomic E-state index is 0.360. The Balaban J connectivity index is 1.86. The number of hydrogen-bond acceptors (Lipinski definition) is 2. The Morgan fingerprint density at radius 3 is 2.54 bits per heavy atom. The van der Waals surface area contributed by atoms with Crippen LogP contribution < -0.4 is 5.32 Å². The van der Waals surface area contributed by atoms with Gasteiger partial charge in [0.2, 0.25) is 0 Å². The van der Waals surface area contributed by atoms with Crippen LogP contribution in [-0.2, 0) is 4.74 Å². The average molecular weight is 185 g/mol. The number of ether oxygens (including phenoxy) is 1. The second-order valence-corrected chi connectivity index (χ2v) is 5.01. The third-order valence-electron chi connectivity index (χ3n) is 2.84. The van der Waals surface area contributed by atoms with Crippen molar-refractivity contribution in [1.82, 2.24) is 5.32 Å². The molecule has 1 fully saturated rings. The molecule has 1 aliphatic rings. The first-order valence-corrected chi connectivity index (χ1v) is 5.34. The lowest BCUT2D eigenvalue weighted by Crippen LogP contribution is -2.24. The van der Waals surface area contributed by atoms with Gasteiger partial charge in [-0.1, -0.05) is 13.8 Å². The first-order valence-electron chi connectivity index (χ1n) is 5.34. The highest BCUT2D eigenvalue weighted by Crippen LogP contribution is 2.50. The highest BCUT2D eigenvalue weighted by atomic mass is 16.5. The Bertz CT molecular complexity index is 154. The topological polar surface area (TPSA) is 21.3 Å². The van der Waals surface area contributed by atoms with E-state index in [1.54, 1.807) is 0 Å². The maximum Gasteiger partial charge on any atom is 0.0594 e. The molecule has 0 aromatic heterocycles. The van der Waals surface area contributed by atoms with E-state index >= 15 is 0 Å². The minimum Gasteiger partial charge on any atom is -0.377 e. The van der Waals surface area contributed by atoms with Crippen molar-refractivity contribution in [3.05, 3.63) is 0 Å². The van der Waals surface area contributed by atoms with E-state index < -0.39 is 0 Å². The van der Waals surface area contributed by atoms with Gasteiger partial charge < -0.3 is 10.1 Å². The molecule has 0 aromatic carbocycles. The lowest BCUT2D eigenvalue weighted by Gasteiger charge is -2.09. The minimum absolute atomic E-state index is 0.360. The molecule has 0 radical (unpaired) electrons. The Morgan fingerprint density at radius 2 is 2.08 bits per heavy atom. The lowest BCUT2D eigenvalue weighted by molar-refractivity contribution is 0.0806. The fraction of sp³-hybridized carbons (Fsp3) is 1.00. The van der Waals surface area contributed by atoms with Crippen molar-refractivity contribution in [2.45, 2.75) is 40.2 Å². The first-order chi connectivity index (χ1) is 6.02. The van der Waals surface area contributed by atoms with Gasteiger partial charge in [-0.15, -0.1) is 0 Å². The Morgan fingerprint density at radius 1 is 1.46 bits per heavy atom. The molecule has 13 heavy (non-hydrogen) atoms. The van der Waals surface area contributed by atoms with Crippen LogP contribution in [0.5, 0.6) is 0 Å². The van der Waals surface area contributed by atoms with Crippen LogP contribution in [0.3, 0.4) is 0 Å². The zero-order chi connectivity index (χ0) is 9.90. The van der Waals surface area contributed by atoms with Crippen molar-refractivity contribution in [2.75, 3.05) is 19.7 Å². The average Bonchev–Trinajstić information content (AvgIpc) is 2.58. The summed E-state index contributed by atoms with van der Waals surface area (Å²) in [6, 6.07) is 0. The molecule has 1 N–H and O–H groups in total. The van der Waals surface area contributed by atoms with Crippen LogP contribution in [0, 0.1) is 11.3 Å². The molecular formula is C11H23NO. The van der Waals surface area contributed by atoms with E-state index in [1.807, 2.05) is 0 Å². The number of rotatable bonds is 6. The second-order valence-electron chi connectivity index (χ2n) is 5.01. The van der Waals surface area contributed by atoms with Crippen molar-refractivity contribution in [2.24, 2.45) is 11.3 Å². The molecule has 0 heterocycles. The van der Waals surface area contributed by atoms with Gasteiger partial charge in [-0.3, -0.25) is 0 Å². The summed E-state index contributed by atoms with van der Waals surface area (Å²) >= 11 is 0. The largest absolute Gasteiger partial charge is 0.377 e. The van der Waals surface area contributed by atoms with Gasteiger partial charge in [0.25, 0.3) is 0 Å². The molecule has 78 valence electrons. The summed E-state index contributed by atoms with van der Waals surface area (Å²) in [5.41, 5.74) is 0.603. The van der Waals surface area contributed by atoms with E-state index in [9.17, 15) is 0 Å². The zero-order valence-electron chi connectivity index (χ0n) is 9.39. The van der Waals surface area contributed by atoms with Gasteiger partial charge in [-0.25, -0.2) is 0 Å². The summed E-state index contributed by atoms with van der Waals surface area (Å²) in [7, 11) is 0. The monoisotopic (exact) mass is 185 g/mol. The first kappa shape index (κ1) is 11.0. The number of nitrogens with one attached hydrogen (secondary N) is 1. The van der Waals surface area contributed by atoms with Gasteiger partial charge in [-0.2, -0.15) is 0 Å².